The van der Waals surface area contributed by atoms with E-state index in [0.29, 0.717) is 29.4 Å². The summed E-state index contributed by atoms with van der Waals surface area (Å²) in [6.45, 7) is 3.18. The van der Waals surface area contributed by atoms with Crippen molar-refractivity contribution in [1.82, 2.24) is 14.7 Å². The lowest BCUT2D eigenvalue weighted by Gasteiger charge is -2.54. The van der Waals surface area contributed by atoms with Crippen molar-refractivity contribution in [2.75, 3.05) is 40.4 Å². The van der Waals surface area contributed by atoms with Crippen LogP contribution >= 0.6 is 0 Å². The van der Waals surface area contributed by atoms with Crippen LogP contribution in [0.2, 0.25) is 0 Å². The van der Waals surface area contributed by atoms with E-state index in [0.717, 1.165) is 37.1 Å². The average Bonchev–Trinajstić information content (AvgIpc) is 3.05. The molecule has 2 amide bonds. The Morgan fingerprint density at radius 3 is 2.75 bits per heavy atom. The SMILES string of the molecule is COc1cc2c(cc1OC)CC(=O)N(CC(=O)N1CCCC3=CC4CC(CN5CCCCC45)C31)C=C2. The molecule has 0 spiro atoms. The van der Waals surface area contributed by atoms with E-state index in [2.05, 4.69) is 15.9 Å². The van der Waals surface area contributed by atoms with Crippen molar-refractivity contribution in [1.29, 1.82) is 0 Å². The number of carbonyl (C=O) groups excluding carboxylic acids is 2. The summed E-state index contributed by atoms with van der Waals surface area (Å²) in [5, 5.41) is 0. The smallest absolute Gasteiger partial charge is 0.243 e. The minimum Gasteiger partial charge on any atom is -0.493 e. The van der Waals surface area contributed by atoms with Crippen molar-refractivity contribution in [2.24, 2.45) is 11.8 Å². The lowest BCUT2D eigenvalue weighted by atomic mass is 9.68. The maximum atomic E-state index is 13.7. The van der Waals surface area contributed by atoms with E-state index < -0.39 is 0 Å². The first kappa shape index (κ1) is 23.6. The first-order chi connectivity index (χ1) is 17.6. The van der Waals surface area contributed by atoms with Gasteiger partial charge in [-0.3, -0.25) is 14.5 Å². The van der Waals surface area contributed by atoms with Gasteiger partial charge in [0.05, 0.1) is 26.7 Å². The number of hydrogen-bond acceptors (Lipinski definition) is 5. The maximum Gasteiger partial charge on any atom is 0.243 e. The van der Waals surface area contributed by atoms with E-state index in [1.165, 1.54) is 37.8 Å². The number of fused-ring (bicyclic) bond motifs is 7. The molecule has 0 radical (unpaired) electrons. The van der Waals surface area contributed by atoms with Crippen molar-refractivity contribution >= 4 is 17.9 Å². The minimum atomic E-state index is -0.0733. The topological polar surface area (TPSA) is 62.3 Å². The Balaban J connectivity index is 1.20. The summed E-state index contributed by atoms with van der Waals surface area (Å²) in [5.41, 5.74) is 3.27. The molecule has 4 atom stereocenters. The van der Waals surface area contributed by atoms with Gasteiger partial charge in [0.2, 0.25) is 11.8 Å². The molecular weight excluding hydrogens is 454 g/mol. The fraction of sp³-hybridized carbons (Fsp3) is 0.586. The zero-order valence-electron chi connectivity index (χ0n) is 21.4. The van der Waals surface area contributed by atoms with Gasteiger partial charge in [0, 0.05) is 25.3 Å². The van der Waals surface area contributed by atoms with E-state index in [-0.39, 0.29) is 30.8 Å². The number of likely N-dealkylation sites (tertiary alicyclic amines) is 1. The van der Waals surface area contributed by atoms with Gasteiger partial charge >= 0.3 is 0 Å². The highest BCUT2D eigenvalue weighted by molar-refractivity contribution is 5.89. The third-order valence-corrected chi connectivity index (χ3v) is 9.02. The molecular formula is C29H37N3O4. The van der Waals surface area contributed by atoms with Gasteiger partial charge in [-0.15, -0.1) is 0 Å². The van der Waals surface area contributed by atoms with Crippen LogP contribution in [-0.4, -0.2) is 79.0 Å². The van der Waals surface area contributed by atoms with E-state index in [1.54, 1.807) is 25.3 Å². The van der Waals surface area contributed by atoms with Gasteiger partial charge in [-0.05, 0) is 79.8 Å². The highest BCUT2D eigenvalue weighted by Gasteiger charge is 2.47. The molecule has 4 unspecified atom stereocenters. The van der Waals surface area contributed by atoms with Crippen LogP contribution in [0.4, 0.5) is 0 Å². The second-order valence-corrected chi connectivity index (χ2v) is 11.0. The summed E-state index contributed by atoms with van der Waals surface area (Å²) in [5.74, 6) is 2.37. The molecule has 4 heterocycles. The molecule has 192 valence electrons. The third kappa shape index (κ3) is 4.11. The Morgan fingerprint density at radius 1 is 1.08 bits per heavy atom. The van der Waals surface area contributed by atoms with E-state index >= 15 is 0 Å². The summed E-state index contributed by atoms with van der Waals surface area (Å²) in [4.78, 5) is 33.3. The molecule has 0 N–H and O–H groups in total. The molecule has 36 heavy (non-hydrogen) atoms. The van der Waals surface area contributed by atoms with Crippen molar-refractivity contribution in [3.05, 3.63) is 41.1 Å². The lowest BCUT2D eigenvalue weighted by Crippen LogP contribution is -2.60. The molecule has 0 aromatic heterocycles. The van der Waals surface area contributed by atoms with E-state index in [4.69, 9.17) is 9.47 Å². The van der Waals surface area contributed by atoms with Crippen LogP contribution in [0, 0.1) is 11.8 Å². The molecule has 0 saturated carbocycles. The van der Waals surface area contributed by atoms with Crippen molar-refractivity contribution < 1.29 is 19.1 Å². The molecule has 1 aromatic rings. The van der Waals surface area contributed by atoms with Gasteiger partial charge < -0.3 is 19.3 Å². The molecule has 2 bridgehead atoms. The predicted octanol–water partition coefficient (Wildman–Crippen LogP) is 3.48. The Labute approximate surface area is 213 Å². The second kappa shape index (κ2) is 9.58. The van der Waals surface area contributed by atoms with Gasteiger partial charge in [0.15, 0.2) is 11.5 Å². The van der Waals surface area contributed by atoms with Crippen molar-refractivity contribution in [2.45, 2.75) is 57.0 Å². The number of carbonyl (C=O) groups is 2. The van der Waals surface area contributed by atoms with Gasteiger partial charge in [0.25, 0.3) is 0 Å². The summed E-state index contributed by atoms with van der Waals surface area (Å²) in [6.07, 6.45) is 13.7. The molecule has 1 aromatic carbocycles. The van der Waals surface area contributed by atoms with Crippen LogP contribution in [0.5, 0.6) is 11.5 Å². The molecule has 7 heteroatoms. The quantitative estimate of drug-likeness (QED) is 0.604. The number of benzene rings is 1. The first-order valence-corrected chi connectivity index (χ1v) is 13.5. The van der Waals surface area contributed by atoms with Crippen LogP contribution in [-0.2, 0) is 16.0 Å². The molecule has 5 aliphatic rings. The largest absolute Gasteiger partial charge is 0.493 e. The average molecular weight is 492 g/mol. The fourth-order valence-electron chi connectivity index (χ4n) is 7.39. The number of piperidine rings is 3. The number of rotatable bonds is 4. The number of methoxy groups -OCH3 is 2. The van der Waals surface area contributed by atoms with Crippen LogP contribution in [0.15, 0.2) is 30.0 Å². The Bertz CT molecular complexity index is 1110. The summed E-state index contributed by atoms with van der Waals surface area (Å²) < 4.78 is 10.9. The Hall–Kier alpha value is -2.80. The fourth-order valence-corrected chi connectivity index (χ4v) is 7.39. The maximum absolute atomic E-state index is 13.7. The first-order valence-electron chi connectivity index (χ1n) is 13.5. The highest BCUT2D eigenvalue weighted by Crippen LogP contribution is 2.45. The molecule has 3 saturated heterocycles. The molecule has 7 nitrogen and oxygen atoms in total. The van der Waals surface area contributed by atoms with Gasteiger partial charge in [-0.1, -0.05) is 18.1 Å². The van der Waals surface area contributed by atoms with Gasteiger partial charge in [-0.25, -0.2) is 0 Å². The van der Waals surface area contributed by atoms with Gasteiger partial charge in [0.1, 0.15) is 6.54 Å². The van der Waals surface area contributed by atoms with Gasteiger partial charge in [-0.2, -0.15) is 0 Å². The van der Waals surface area contributed by atoms with Crippen LogP contribution in [0.25, 0.3) is 6.08 Å². The molecule has 4 aliphatic heterocycles. The number of nitrogens with zero attached hydrogens (tertiary/aromatic N) is 3. The second-order valence-electron chi connectivity index (χ2n) is 11.0. The summed E-state index contributed by atoms with van der Waals surface area (Å²) >= 11 is 0. The predicted molar refractivity (Wildman–Crippen MR) is 138 cm³/mol. The Morgan fingerprint density at radius 2 is 1.92 bits per heavy atom. The summed E-state index contributed by atoms with van der Waals surface area (Å²) in [7, 11) is 3.20. The standard InChI is InChI=1S/C29H37N3O4/c1-35-25-14-19-8-11-31(27(33)16-21(19)15-26(25)36-2)18-28(34)32-10-5-6-20-12-22-13-23(29(20)32)17-30-9-4-3-7-24(22)30/h8,11-12,14-15,22-24,29H,3-7,9-10,13,16-18H2,1-2H3. The number of hydrogen-bond donors (Lipinski definition) is 0. The number of ether oxygens (including phenoxy) is 2. The molecule has 6 rings (SSSR count). The molecule has 1 aliphatic carbocycles. The van der Waals surface area contributed by atoms with E-state index in [9.17, 15) is 9.59 Å². The number of amides is 2. The lowest BCUT2D eigenvalue weighted by molar-refractivity contribution is -0.141. The van der Waals surface area contributed by atoms with Crippen molar-refractivity contribution in [3.63, 3.8) is 0 Å². The summed E-state index contributed by atoms with van der Waals surface area (Å²) in [6, 6.07) is 4.65. The van der Waals surface area contributed by atoms with Crippen LogP contribution < -0.4 is 9.47 Å². The van der Waals surface area contributed by atoms with Crippen molar-refractivity contribution in [3.8, 4) is 11.5 Å². The minimum absolute atomic E-state index is 0.0592. The normalized spacial score (nSPS) is 29.5. The van der Waals surface area contributed by atoms with Crippen LogP contribution in [0.3, 0.4) is 0 Å². The zero-order chi connectivity index (χ0) is 24.8. The monoisotopic (exact) mass is 491 g/mol. The third-order valence-electron chi connectivity index (χ3n) is 9.02. The molecule has 3 fully saturated rings. The highest BCUT2D eigenvalue weighted by atomic mass is 16.5. The van der Waals surface area contributed by atoms with Crippen LogP contribution in [0.1, 0.15) is 49.7 Å². The van der Waals surface area contributed by atoms with E-state index in [1.807, 2.05) is 18.2 Å². The zero-order valence-corrected chi connectivity index (χ0v) is 21.4. The Kier molecular flexibility index (Phi) is 6.28.